The van der Waals surface area contributed by atoms with Crippen molar-refractivity contribution in [2.24, 2.45) is 5.92 Å². The largest absolute Gasteiger partial charge is 0.462 e. The van der Waals surface area contributed by atoms with E-state index in [1.165, 1.54) is 16.0 Å². The van der Waals surface area contributed by atoms with Crippen molar-refractivity contribution in [2.45, 2.75) is 43.7 Å². The first kappa shape index (κ1) is 27.7. The number of nitrogens with zero attached hydrogens (tertiary/aromatic N) is 6. The van der Waals surface area contributed by atoms with Gasteiger partial charge in [-0.25, -0.2) is 15.4 Å². The summed E-state index contributed by atoms with van der Waals surface area (Å²) in [6.07, 6.45) is 4.31. The van der Waals surface area contributed by atoms with Gasteiger partial charge < -0.3 is 24.3 Å². The molecule has 7 rings (SSSR count). The normalized spacial score (nSPS) is 24.5. The molecule has 0 unspecified atom stereocenters. The van der Waals surface area contributed by atoms with Crippen molar-refractivity contribution in [3.8, 4) is 17.1 Å². The number of benzene rings is 2. The van der Waals surface area contributed by atoms with Crippen molar-refractivity contribution in [3.05, 3.63) is 71.1 Å². The number of anilines is 1. The lowest BCUT2D eigenvalue weighted by molar-refractivity contribution is -0.131. The number of piperazine rings is 1. The summed E-state index contributed by atoms with van der Waals surface area (Å²) in [5.41, 5.74) is 4.19. The number of carbonyl (C=O) groups excluding carboxylic acids is 1. The van der Waals surface area contributed by atoms with Gasteiger partial charge in [-0.05, 0) is 73.9 Å². The molecule has 4 aliphatic rings. The van der Waals surface area contributed by atoms with E-state index in [-0.39, 0.29) is 37.2 Å². The maximum Gasteiger partial charge on any atom is 0.319 e. The van der Waals surface area contributed by atoms with Crippen LogP contribution >= 0.6 is 0 Å². The third-order valence-electron chi connectivity index (χ3n) is 9.68. The van der Waals surface area contributed by atoms with E-state index in [9.17, 15) is 9.18 Å². The fourth-order valence-electron chi connectivity index (χ4n) is 7.31. The number of ether oxygens (including phenoxy) is 1. The standard InChI is InChI=1S/C33H34F2N6O2/c1-19(34)32(42)41-13-12-40(17-23(41)16-36-2)31-26-10-9-25(24-8-4-6-20-14-21-15-27(21)28(20)24)29(35)30(26)37-33(38-31)43-18-22-7-5-11-39(22)3/h4,6,8-10,21-23,27H,1,5,7,11-18H2,3H3/t21-,22+,23+,27+/m1/s1. The van der Waals surface area contributed by atoms with Crippen LogP contribution in [0.2, 0.25) is 0 Å². The van der Waals surface area contributed by atoms with E-state index >= 15 is 4.39 Å². The molecule has 2 saturated heterocycles. The van der Waals surface area contributed by atoms with Crippen molar-refractivity contribution in [1.29, 1.82) is 0 Å². The summed E-state index contributed by atoms with van der Waals surface area (Å²) in [7, 11) is 2.06. The lowest BCUT2D eigenvalue weighted by Gasteiger charge is -2.39. The summed E-state index contributed by atoms with van der Waals surface area (Å²) in [6.45, 7) is 12.7. The van der Waals surface area contributed by atoms with Gasteiger partial charge in [-0.1, -0.05) is 30.8 Å². The van der Waals surface area contributed by atoms with Gasteiger partial charge in [0.15, 0.2) is 11.6 Å². The van der Waals surface area contributed by atoms with E-state index in [0.29, 0.717) is 41.8 Å². The maximum absolute atomic E-state index is 16.6. The average molecular weight is 585 g/mol. The van der Waals surface area contributed by atoms with Gasteiger partial charge in [-0.2, -0.15) is 9.97 Å². The fourth-order valence-corrected chi connectivity index (χ4v) is 7.31. The Hall–Kier alpha value is -4.10. The van der Waals surface area contributed by atoms with E-state index in [4.69, 9.17) is 16.3 Å². The van der Waals surface area contributed by atoms with Crippen molar-refractivity contribution in [2.75, 3.05) is 51.3 Å². The predicted octanol–water partition coefficient (Wildman–Crippen LogP) is 4.99. The van der Waals surface area contributed by atoms with Gasteiger partial charge in [0.05, 0.1) is 0 Å². The van der Waals surface area contributed by atoms with Gasteiger partial charge in [-0.15, -0.1) is 0 Å². The van der Waals surface area contributed by atoms with Gasteiger partial charge in [0.2, 0.25) is 6.54 Å². The molecule has 10 heteroatoms. The summed E-state index contributed by atoms with van der Waals surface area (Å²) in [5, 5.41) is 0.527. The van der Waals surface area contributed by atoms with Crippen molar-refractivity contribution < 1.29 is 18.3 Å². The molecule has 43 heavy (non-hydrogen) atoms. The number of likely N-dealkylation sites (N-methyl/N-ethyl adjacent to an activating group) is 1. The van der Waals surface area contributed by atoms with E-state index in [1.54, 1.807) is 0 Å². The molecule has 0 bridgehead atoms. The summed E-state index contributed by atoms with van der Waals surface area (Å²) in [5.74, 6) is -0.625. The molecule has 3 aromatic rings. The Morgan fingerprint density at radius 1 is 1.16 bits per heavy atom. The summed E-state index contributed by atoms with van der Waals surface area (Å²) in [4.78, 5) is 30.9. The Kier molecular flexibility index (Phi) is 7.01. The molecular formula is C33H34F2N6O2. The molecule has 1 aromatic heterocycles. The first-order chi connectivity index (χ1) is 20.8. The minimum atomic E-state index is -1.05. The molecule has 3 fully saturated rings. The number of aromatic nitrogens is 2. The van der Waals surface area contributed by atoms with Gasteiger partial charge in [0, 0.05) is 36.6 Å². The van der Waals surface area contributed by atoms with Gasteiger partial charge in [0.1, 0.15) is 24.0 Å². The monoisotopic (exact) mass is 584 g/mol. The SMILES string of the molecule is [C-]#[N+]C[C@H]1CN(c2nc(OC[C@@H]3CCCN3C)nc3c(F)c(-c4cccc5c4[C@H]4C[C@H]4C5)ccc23)CCN1C(=O)C(=C)F. The number of likely N-dealkylation sites (tertiary alicyclic amines) is 1. The van der Waals surface area contributed by atoms with Crippen LogP contribution in [-0.2, 0) is 11.2 Å². The Balaban J connectivity index is 1.29. The van der Waals surface area contributed by atoms with Crippen LogP contribution < -0.4 is 9.64 Å². The topological polar surface area (TPSA) is 66.2 Å². The van der Waals surface area contributed by atoms with Crippen LogP contribution in [0.5, 0.6) is 6.01 Å². The predicted molar refractivity (Wildman–Crippen MR) is 160 cm³/mol. The Labute approximate surface area is 249 Å². The average Bonchev–Trinajstić information content (AvgIpc) is 3.48. The number of rotatable bonds is 7. The summed E-state index contributed by atoms with van der Waals surface area (Å²) < 4.78 is 36.6. The van der Waals surface area contributed by atoms with E-state index in [1.807, 2.05) is 29.2 Å². The van der Waals surface area contributed by atoms with Crippen LogP contribution in [0.1, 0.15) is 36.3 Å². The summed E-state index contributed by atoms with van der Waals surface area (Å²) >= 11 is 0. The van der Waals surface area contributed by atoms with Gasteiger partial charge in [0.25, 0.3) is 5.91 Å². The number of hydrogen-bond donors (Lipinski definition) is 0. The fraction of sp³-hybridized carbons (Fsp3) is 0.455. The van der Waals surface area contributed by atoms with Crippen LogP contribution in [0.25, 0.3) is 26.9 Å². The molecule has 1 saturated carbocycles. The zero-order valence-electron chi connectivity index (χ0n) is 24.2. The Morgan fingerprint density at radius 2 is 2.02 bits per heavy atom. The molecule has 0 N–H and O–H groups in total. The van der Waals surface area contributed by atoms with Gasteiger partial charge in [-0.3, -0.25) is 4.79 Å². The zero-order valence-corrected chi connectivity index (χ0v) is 24.2. The Bertz CT molecular complexity index is 1670. The molecule has 2 aromatic carbocycles. The molecule has 222 valence electrons. The van der Waals surface area contributed by atoms with Crippen molar-refractivity contribution in [1.82, 2.24) is 19.8 Å². The molecule has 4 atom stereocenters. The second-order valence-corrected chi connectivity index (χ2v) is 12.3. The van der Waals surface area contributed by atoms with Crippen LogP contribution in [0.4, 0.5) is 14.6 Å². The van der Waals surface area contributed by atoms with E-state index in [0.717, 1.165) is 37.8 Å². The number of carbonyl (C=O) groups is 1. The highest BCUT2D eigenvalue weighted by atomic mass is 19.1. The van der Waals surface area contributed by atoms with Crippen molar-refractivity contribution >= 4 is 22.6 Å². The smallest absolute Gasteiger partial charge is 0.319 e. The zero-order chi connectivity index (χ0) is 29.8. The molecule has 8 nitrogen and oxygen atoms in total. The minimum Gasteiger partial charge on any atom is -0.462 e. The second-order valence-electron chi connectivity index (χ2n) is 12.3. The molecule has 3 heterocycles. The van der Waals surface area contributed by atoms with Crippen LogP contribution in [0, 0.1) is 18.3 Å². The molecule has 1 amide bonds. The number of hydrogen-bond acceptors (Lipinski definition) is 6. The first-order valence-electron chi connectivity index (χ1n) is 15.0. The molecule has 2 aliphatic carbocycles. The maximum atomic E-state index is 16.6. The highest BCUT2D eigenvalue weighted by Gasteiger charge is 2.46. The third kappa shape index (κ3) is 4.89. The third-order valence-corrected chi connectivity index (χ3v) is 9.68. The van der Waals surface area contributed by atoms with Crippen LogP contribution in [0.15, 0.2) is 42.7 Å². The molecule has 0 radical (unpaired) electrons. The number of amides is 1. The van der Waals surface area contributed by atoms with Crippen LogP contribution in [-0.4, -0.2) is 84.1 Å². The van der Waals surface area contributed by atoms with Gasteiger partial charge >= 0.3 is 6.01 Å². The molecule has 0 spiro atoms. The highest BCUT2D eigenvalue weighted by molar-refractivity contribution is 5.95. The first-order valence-corrected chi connectivity index (χ1v) is 15.0. The van der Waals surface area contributed by atoms with E-state index in [2.05, 4.69) is 34.4 Å². The minimum absolute atomic E-state index is 0.00427. The highest BCUT2D eigenvalue weighted by Crippen LogP contribution is 2.58. The quantitative estimate of drug-likeness (QED) is 0.288. The van der Waals surface area contributed by atoms with Crippen molar-refractivity contribution in [3.63, 3.8) is 0 Å². The number of fused-ring (bicyclic) bond motifs is 4. The second kappa shape index (κ2) is 10.9. The molecule has 2 aliphatic heterocycles. The number of halogens is 2. The van der Waals surface area contributed by atoms with E-state index < -0.39 is 23.6 Å². The lowest BCUT2D eigenvalue weighted by Crippen LogP contribution is -2.56. The lowest BCUT2D eigenvalue weighted by atomic mass is 9.93. The summed E-state index contributed by atoms with van der Waals surface area (Å²) in [6, 6.07) is 9.58. The molecular weight excluding hydrogens is 550 g/mol. The Morgan fingerprint density at radius 3 is 2.79 bits per heavy atom. The van der Waals surface area contributed by atoms with Crippen LogP contribution in [0.3, 0.4) is 0 Å².